The summed E-state index contributed by atoms with van der Waals surface area (Å²) in [5.74, 6) is 1.05. The lowest BCUT2D eigenvalue weighted by Gasteiger charge is -2.06. The molecule has 0 saturated carbocycles. The van der Waals surface area contributed by atoms with E-state index in [0.29, 0.717) is 0 Å². The van der Waals surface area contributed by atoms with Crippen LogP contribution in [0.1, 0.15) is 25.5 Å². The van der Waals surface area contributed by atoms with E-state index in [0.717, 1.165) is 11.3 Å². The zero-order valence-corrected chi connectivity index (χ0v) is 9.17. The summed E-state index contributed by atoms with van der Waals surface area (Å²) in [4.78, 5) is 15.0. The van der Waals surface area contributed by atoms with Gasteiger partial charge in [-0.1, -0.05) is 19.1 Å². The Balaban J connectivity index is 2.87. The van der Waals surface area contributed by atoms with E-state index >= 15 is 0 Å². The van der Waals surface area contributed by atoms with Crippen LogP contribution in [0.4, 0.5) is 0 Å². The first-order valence-electron chi connectivity index (χ1n) is 4.57. The number of carbonyl (C=O) groups excluding carboxylic acids is 1. The van der Waals surface area contributed by atoms with Crippen molar-refractivity contribution in [2.75, 3.05) is 5.75 Å². The molecule has 0 bridgehead atoms. The maximum Gasteiger partial charge on any atom is 0.235 e. The quantitative estimate of drug-likeness (QED) is 0.431. The zero-order chi connectivity index (χ0) is 10.4. The van der Waals surface area contributed by atoms with Crippen LogP contribution in [0.5, 0.6) is 0 Å². The standard InChI is InChI=1S/C11H13NOS/c1-3-14-11-6-4-5-10(7-11)9(2)12-8-13/h4-7,9H,3H2,1-2H3. The highest BCUT2D eigenvalue weighted by atomic mass is 32.2. The first-order valence-corrected chi connectivity index (χ1v) is 5.56. The first kappa shape index (κ1) is 11.0. The summed E-state index contributed by atoms with van der Waals surface area (Å²) in [5.41, 5.74) is 1.06. The smallest absolute Gasteiger partial charge is 0.211 e. The van der Waals surface area contributed by atoms with E-state index in [4.69, 9.17) is 0 Å². The molecule has 3 heteroatoms. The fourth-order valence-electron chi connectivity index (χ4n) is 1.18. The predicted octanol–water partition coefficient (Wildman–Crippen LogP) is 3.20. The third-order valence-corrected chi connectivity index (χ3v) is 2.77. The Morgan fingerprint density at radius 1 is 1.57 bits per heavy atom. The second kappa shape index (κ2) is 5.63. The van der Waals surface area contributed by atoms with Crippen molar-refractivity contribution >= 4 is 17.8 Å². The van der Waals surface area contributed by atoms with Gasteiger partial charge in [0.1, 0.15) is 0 Å². The number of thioether (sulfide) groups is 1. The van der Waals surface area contributed by atoms with Gasteiger partial charge in [0.25, 0.3) is 0 Å². The van der Waals surface area contributed by atoms with Crippen molar-refractivity contribution < 1.29 is 4.79 Å². The molecule has 74 valence electrons. The van der Waals surface area contributed by atoms with Gasteiger partial charge < -0.3 is 0 Å². The molecule has 1 rings (SSSR count). The number of hydrogen-bond acceptors (Lipinski definition) is 3. The van der Waals surface area contributed by atoms with E-state index in [1.54, 1.807) is 17.8 Å². The van der Waals surface area contributed by atoms with Gasteiger partial charge in [0.2, 0.25) is 6.08 Å². The van der Waals surface area contributed by atoms with Gasteiger partial charge in [-0.15, -0.1) is 11.8 Å². The van der Waals surface area contributed by atoms with Crippen LogP contribution in [-0.2, 0) is 4.79 Å². The number of aliphatic imine (C=N–C) groups is 1. The zero-order valence-electron chi connectivity index (χ0n) is 8.36. The van der Waals surface area contributed by atoms with Gasteiger partial charge >= 0.3 is 0 Å². The Hall–Kier alpha value is -1.05. The van der Waals surface area contributed by atoms with Gasteiger partial charge in [0.15, 0.2) is 0 Å². The van der Waals surface area contributed by atoms with Crippen molar-refractivity contribution in [1.29, 1.82) is 0 Å². The van der Waals surface area contributed by atoms with E-state index in [1.807, 2.05) is 19.1 Å². The predicted molar refractivity (Wildman–Crippen MR) is 59.4 cm³/mol. The Bertz CT molecular complexity index is 345. The van der Waals surface area contributed by atoms with Gasteiger partial charge in [0, 0.05) is 4.90 Å². The molecule has 0 fully saturated rings. The van der Waals surface area contributed by atoms with Crippen LogP contribution in [0.3, 0.4) is 0 Å². The van der Waals surface area contributed by atoms with Crippen molar-refractivity contribution in [3.8, 4) is 0 Å². The molecule has 14 heavy (non-hydrogen) atoms. The van der Waals surface area contributed by atoms with Crippen molar-refractivity contribution in [2.24, 2.45) is 4.99 Å². The maximum atomic E-state index is 10.1. The third-order valence-electron chi connectivity index (χ3n) is 1.90. The van der Waals surface area contributed by atoms with Crippen molar-refractivity contribution in [3.05, 3.63) is 29.8 Å². The number of benzene rings is 1. The molecular formula is C11H13NOS. The fourth-order valence-corrected chi connectivity index (χ4v) is 1.91. The van der Waals surface area contributed by atoms with Crippen molar-refractivity contribution in [1.82, 2.24) is 0 Å². The normalized spacial score (nSPS) is 11.9. The monoisotopic (exact) mass is 207 g/mol. The van der Waals surface area contributed by atoms with E-state index in [-0.39, 0.29) is 6.04 Å². The molecule has 1 aromatic carbocycles. The molecule has 0 aliphatic heterocycles. The SMILES string of the molecule is CCSc1cccc(C(C)N=C=O)c1. The Morgan fingerprint density at radius 3 is 3.00 bits per heavy atom. The van der Waals surface area contributed by atoms with Crippen LogP contribution in [-0.4, -0.2) is 11.8 Å². The number of isocyanates is 1. The average Bonchev–Trinajstić information content (AvgIpc) is 2.19. The number of rotatable bonds is 4. The second-order valence-corrected chi connectivity index (χ2v) is 4.24. The first-order chi connectivity index (χ1) is 6.77. The molecule has 0 amide bonds. The molecule has 2 nitrogen and oxygen atoms in total. The van der Waals surface area contributed by atoms with Gasteiger partial charge in [-0.3, -0.25) is 0 Å². The summed E-state index contributed by atoms with van der Waals surface area (Å²) in [7, 11) is 0. The van der Waals surface area contributed by atoms with Gasteiger partial charge in [-0.2, -0.15) is 4.99 Å². The molecule has 0 radical (unpaired) electrons. The topological polar surface area (TPSA) is 29.4 Å². The molecule has 0 heterocycles. The number of hydrogen-bond donors (Lipinski definition) is 0. The number of nitrogens with zero attached hydrogens (tertiary/aromatic N) is 1. The molecule has 0 N–H and O–H groups in total. The molecule has 1 aromatic rings. The molecular weight excluding hydrogens is 194 g/mol. The largest absolute Gasteiger partial charge is 0.235 e. The lowest BCUT2D eigenvalue weighted by molar-refractivity contribution is 0.559. The summed E-state index contributed by atoms with van der Waals surface area (Å²) >= 11 is 1.78. The van der Waals surface area contributed by atoms with Crippen LogP contribution in [0.25, 0.3) is 0 Å². The Morgan fingerprint density at radius 2 is 2.36 bits per heavy atom. The summed E-state index contributed by atoms with van der Waals surface area (Å²) in [5, 5.41) is 0. The van der Waals surface area contributed by atoms with Crippen molar-refractivity contribution in [3.63, 3.8) is 0 Å². The molecule has 0 saturated heterocycles. The lowest BCUT2D eigenvalue weighted by atomic mass is 10.1. The van der Waals surface area contributed by atoms with E-state index < -0.39 is 0 Å². The Labute approximate surface area is 88.4 Å². The lowest BCUT2D eigenvalue weighted by Crippen LogP contribution is -1.89. The highest BCUT2D eigenvalue weighted by Gasteiger charge is 2.03. The molecule has 1 unspecified atom stereocenters. The van der Waals surface area contributed by atoms with Crippen LogP contribution in [0.2, 0.25) is 0 Å². The van der Waals surface area contributed by atoms with E-state index in [2.05, 4.69) is 24.0 Å². The minimum atomic E-state index is -0.0927. The second-order valence-electron chi connectivity index (χ2n) is 2.90. The van der Waals surface area contributed by atoms with Crippen LogP contribution >= 0.6 is 11.8 Å². The highest BCUT2D eigenvalue weighted by molar-refractivity contribution is 7.99. The van der Waals surface area contributed by atoms with Crippen LogP contribution < -0.4 is 0 Å². The minimum Gasteiger partial charge on any atom is -0.211 e. The Kier molecular flexibility index (Phi) is 4.44. The van der Waals surface area contributed by atoms with Crippen LogP contribution in [0, 0.1) is 0 Å². The maximum absolute atomic E-state index is 10.1. The molecule has 0 aromatic heterocycles. The molecule has 0 aliphatic rings. The molecule has 1 atom stereocenters. The molecule has 0 spiro atoms. The van der Waals surface area contributed by atoms with Crippen LogP contribution in [0.15, 0.2) is 34.2 Å². The van der Waals surface area contributed by atoms with Gasteiger partial charge in [-0.05, 0) is 30.4 Å². The van der Waals surface area contributed by atoms with Crippen molar-refractivity contribution in [2.45, 2.75) is 24.8 Å². The minimum absolute atomic E-state index is 0.0927. The van der Waals surface area contributed by atoms with Gasteiger partial charge in [0.05, 0.1) is 6.04 Å². The highest BCUT2D eigenvalue weighted by Crippen LogP contribution is 2.23. The molecule has 0 aliphatic carbocycles. The van der Waals surface area contributed by atoms with E-state index in [1.165, 1.54) is 4.90 Å². The summed E-state index contributed by atoms with van der Waals surface area (Å²) in [6, 6.07) is 8.01. The summed E-state index contributed by atoms with van der Waals surface area (Å²) < 4.78 is 0. The fraction of sp³-hybridized carbons (Fsp3) is 0.364. The average molecular weight is 207 g/mol. The summed E-state index contributed by atoms with van der Waals surface area (Å²) in [6.07, 6.45) is 1.59. The summed E-state index contributed by atoms with van der Waals surface area (Å²) in [6.45, 7) is 4.00. The van der Waals surface area contributed by atoms with Gasteiger partial charge in [-0.25, -0.2) is 4.79 Å². The third kappa shape index (κ3) is 3.02. The van der Waals surface area contributed by atoms with E-state index in [9.17, 15) is 4.79 Å².